The van der Waals surface area contributed by atoms with Gasteiger partial charge >= 0.3 is 6.09 Å². The van der Waals surface area contributed by atoms with Gasteiger partial charge in [-0.25, -0.2) is 4.79 Å². The number of nitrogens with zero attached hydrogens (tertiary/aromatic N) is 2. The van der Waals surface area contributed by atoms with E-state index < -0.39 is 11.7 Å². The van der Waals surface area contributed by atoms with Crippen molar-refractivity contribution in [3.8, 4) is 0 Å². The topological polar surface area (TPSA) is 79.0 Å². The summed E-state index contributed by atoms with van der Waals surface area (Å²) in [4.78, 5) is 40.5. The molecule has 7 heteroatoms. The Morgan fingerprint density at radius 2 is 1.55 bits per heavy atom. The first kappa shape index (κ1) is 20.6. The van der Waals surface area contributed by atoms with Crippen LogP contribution in [0.15, 0.2) is 42.5 Å². The summed E-state index contributed by atoms with van der Waals surface area (Å²) in [7, 11) is 0. The van der Waals surface area contributed by atoms with Gasteiger partial charge < -0.3 is 19.9 Å². The maximum absolute atomic E-state index is 13.0. The zero-order valence-electron chi connectivity index (χ0n) is 17.1. The highest BCUT2D eigenvalue weighted by atomic mass is 16.6. The number of benzene rings is 2. The number of nitrogens with one attached hydrogen (secondary N) is 1. The van der Waals surface area contributed by atoms with Crippen LogP contribution in [0.5, 0.6) is 0 Å². The third-order valence-corrected chi connectivity index (χ3v) is 4.72. The number of fused-ring (bicyclic) bond motifs is 1. The second-order valence-electron chi connectivity index (χ2n) is 8.06. The van der Waals surface area contributed by atoms with Crippen LogP contribution in [0.1, 0.15) is 31.1 Å². The van der Waals surface area contributed by atoms with Crippen LogP contribution in [-0.4, -0.2) is 66.0 Å². The molecule has 1 fully saturated rings. The highest BCUT2D eigenvalue weighted by Gasteiger charge is 2.26. The average Bonchev–Trinajstić information content (AvgIpc) is 2.70. The quantitative estimate of drug-likeness (QED) is 0.864. The predicted octanol–water partition coefficient (Wildman–Crippen LogP) is 2.65. The molecule has 0 radical (unpaired) electrons. The van der Waals surface area contributed by atoms with Gasteiger partial charge in [0.25, 0.3) is 5.91 Å². The molecule has 7 nitrogen and oxygen atoms in total. The summed E-state index contributed by atoms with van der Waals surface area (Å²) in [6, 6.07) is 13.5. The van der Waals surface area contributed by atoms with E-state index in [1.165, 1.54) is 0 Å². The lowest BCUT2D eigenvalue weighted by Crippen LogP contribution is -2.52. The summed E-state index contributed by atoms with van der Waals surface area (Å²) in [6.07, 6.45) is -0.615. The average molecular weight is 397 g/mol. The van der Waals surface area contributed by atoms with E-state index in [0.29, 0.717) is 31.7 Å². The van der Waals surface area contributed by atoms with Crippen LogP contribution >= 0.6 is 0 Å². The van der Waals surface area contributed by atoms with Crippen molar-refractivity contribution in [2.45, 2.75) is 26.4 Å². The summed E-state index contributed by atoms with van der Waals surface area (Å²) in [6.45, 7) is 6.96. The summed E-state index contributed by atoms with van der Waals surface area (Å²) in [5, 5.41) is 4.44. The molecule has 3 amide bonds. The Kier molecular flexibility index (Phi) is 6.06. The van der Waals surface area contributed by atoms with Gasteiger partial charge in [0.1, 0.15) is 12.1 Å². The lowest BCUT2D eigenvalue weighted by molar-refractivity contribution is -0.131. The number of carbonyl (C=O) groups is 3. The normalized spacial score (nSPS) is 14.6. The van der Waals surface area contributed by atoms with Crippen molar-refractivity contribution >= 4 is 28.7 Å². The number of alkyl carbamates (subject to hydrolysis) is 1. The SMILES string of the molecule is CC(C)(C)OC(=O)NCC(=O)N1CCN(C(=O)c2cccc3ccccc23)CC1. The zero-order chi connectivity index (χ0) is 21.0. The predicted molar refractivity (Wildman–Crippen MR) is 111 cm³/mol. The Hall–Kier alpha value is -3.09. The van der Waals surface area contributed by atoms with Crippen LogP contribution < -0.4 is 5.32 Å². The number of hydrogen-bond acceptors (Lipinski definition) is 4. The molecule has 0 spiro atoms. The third kappa shape index (κ3) is 5.25. The molecule has 0 atom stereocenters. The molecule has 0 unspecified atom stereocenters. The first-order valence-corrected chi connectivity index (χ1v) is 9.76. The number of ether oxygens (including phenoxy) is 1. The molecular weight excluding hydrogens is 370 g/mol. The molecule has 3 rings (SSSR count). The minimum atomic E-state index is -0.615. The van der Waals surface area contributed by atoms with Gasteiger partial charge in [0.2, 0.25) is 5.91 Å². The maximum atomic E-state index is 13.0. The number of hydrogen-bond donors (Lipinski definition) is 1. The van der Waals surface area contributed by atoms with Gasteiger partial charge in [0, 0.05) is 31.7 Å². The fraction of sp³-hybridized carbons (Fsp3) is 0.409. The third-order valence-electron chi connectivity index (χ3n) is 4.72. The Balaban J connectivity index is 1.54. The standard InChI is InChI=1S/C22H27N3O4/c1-22(2,3)29-21(28)23-15-19(26)24-11-13-25(14-12-24)20(27)18-10-6-8-16-7-4-5-9-17(16)18/h4-10H,11-15H2,1-3H3,(H,23,28). The molecule has 1 N–H and O–H groups in total. The number of piperazine rings is 1. The fourth-order valence-corrected chi connectivity index (χ4v) is 3.31. The monoisotopic (exact) mass is 397 g/mol. The van der Waals surface area contributed by atoms with Crippen LogP contribution in [0.3, 0.4) is 0 Å². The number of rotatable bonds is 3. The van der Waals surface area contributed by atoms with E-state index in [2.05, 4.69) is 5.32 Å². The molecule has 0 aliphatic carbocycles. The van der Waals surface area contributed by atoms with Gasteiger partial charge in [0.15, 0.2) is 0 Å². The molecule has 2 aromatic rings. The van der Waals surface area contributed by atoms with E-state index in [0.717, 1.165) is 10.8 Å². The van der Waals surface area contributed by atoms with E-state index in [1.807, 2.05) is 42.5 Å². The summed E-state index contributed by atoms with van der Waals surface area (Å²) < 4.78 is 5.13. The van der Waals surface area contributed by atoms with Crippen LogP contribution in [0, 0.1) is 0 Å². The fourth-order valence-electron chi connectivity index (χ4n) is 3.31. The molecule has 2 aromatic carbocycles. The minimum Gasteiger partial charge on any atom is -0.444 e. The van der Waals surface area contributed by atoms with Crippen LogP contribution in [0.2, 0.25) is 0 Å². The maximum Gasteiger partial charge on any atom is 0.408 e. The summed E-state index contributed by atoms with van der Waals surface area (Å²) in [5.74, 6) is -0.214. The smallest absolute Gasteiger partial charge is 0.408 e. The van der Waals surface area contributed by atoms with E-state index in [-0.39, 0.29) is 18.4 Å². The second-order valence-corrected chi connectivity index (χ2v) is 8.06. The number of amides is 3. The summed E-state index contributed by atoms with van der Waals surface area (Å²) >= 11 is 0. The molecule has 1 heterocycles. The van der Waals surface area contributed by atoms with Crippen LogP contribution in [-0.2, 0) is 9.53 Å². The van der Waals surface area contributed by atoms with Crippen molar-refractivity contribution in [3.05, 3.63) is 48.0 Å². The number of carbonyl (C=O) groups excluding carboxylic acids is 3. The first-order valence-electron chi connectivity index (χ1n) is 9.76. The van der Waals surface area contributed by atoms with Crippen molar-refractivity contribution in [3.63, 3.8) is 0 Å². The molecule has 1 saturated heterocycles. The molecular formula is C22H27N3O4. The molecule has 1 aliphatic rings. The Morgan fingerprint density at radius 3 is 2.24 bits per heavy atom. The second kappa shape index (κ2) is 8.51. The van der Waals surface area contributed by atoms with Crippen molar-refractivity contribution in [2.24, 2.45) is 0 Å². The van der Waals surface area contributed by atoms with Crippen molar-refractivity contribution in [1.82, 2.24) is 15.1 Å². The van der Waals surface area contributed by atoms with Crippen LogP contribution in [0.4, 0.5) is 4.79 Å². The van der Waals surface area contributed by atoms with E-state index in [4.69, 9.17) is 4.74 Å². The largest absolute Gasteiger partial charge is 0.444 e. The van der Waals surface area contributed by atoms with Gasteiger partial charge in [-0.3, -0.25) is 9.59 Å². The minimum absolute atomic E-state index is 0.0271. The van der Waals surface area contributed by atoms with Gasteiger partial charge in [-0.1, -0.05) is 36.4 Å². The van der Waals surface area contributed by atoms with Gasteiger partial charge in [-0.15, -0.1) is 0 Å². The Bertz CT molecular complexity index is 906. The highest BCUT2D eigenvalue weighted by molar-refractivity contribution is 6.07. The Labute approximate surface area is 170 Å². The molecule has 29 heavy (non-hydrogen) atoms. The van der Waals surface area contributed by atoms with Crippen molar-refractivity contribution in [2.75, 3.05) is 32.7 Å². The lowest BCUT2D eigenvalue weighted by atomic mass is 10.0. The lowest BCUT2D eigenvalue weighted by Gasteiger charge is -2.35. The van der Waals surface area contributed by atoms with Gasteiger partial charge in [0.05, 0.1) is 0 Å². The highest BCUT2D eigenvalue weighted by Crippen LogP contribution is 2.20. The van der Waals surface area contributed by atoms with Crippen molar-refractivity contribution < 1.29 is 19.1 Å². The molecule has 0 aromatic heterocycles. The molecule has 1 aliphatic heterocycles. The summed E-state index contributed by atoms with van der Waals surface area (Å²) in [5.41, 5.74) is 0.0650. The van der Waals surface area contributed by atoms with E-state index in [9.17, 15) is 14.4 Å². The zero-order valence-corrected chi connectivity index (χ0v) is 17.1. The molecule has 0 bridgehead atoms. The van der Waals surface area contributed by atoms with Crippen LogP contribution in [0.25, 0.3) is 10.8 Å². The molecule has 154 valence electrons. The van der Waals surface area contributed by atoms with E-state index in [1.54, 1.807) is 30.6 Å². The first-order chi connectivity index (χ1) is 13.7. The van der Waals surface area contributed by atoms with Crippen molar-refractivity contribution in [1.29, 1.82) is 0 Å². The van der Waals surface area contributed by atoms with Gasteiger partial charge in [-0.05, 0) is 37.6 Å². The van der Waals surface area contributed by atoms with E-state index >= 15 is 0 Å². The Morgan fingerprint density at radius 1 is 0.931 bits per heavy atom. The molecule has 0 saturated carbocycles. The van der Waals surface area contributed by atoms with Gasteiger partial charge in [-0.2, -0.15) is 0 Å².